The van der Waals surface area contributed by atoms with E-state index in [0.29, 0.717) is 11.7 Å². The largest absolute Gasteiger partial charge is 0.466 e. The zero-order valence-corrected chi connectivity index (χ0v) is 19.4. The van der Waals surface area contributed by atoms with Crippen LogP contribution in [-0.2, 0) is 18.3 Å². The van der Waals surface area contributed by atoms with Crippen molar-refractivity contribution in [1.29, 1.82) is 0 Å². The molecule has 0 radical (unpaired) electrons. The summed E-state index contributed by atoms with van der Waals surface area (Å²) in [6.45, 7) is 5.75. The monoisotopic (exact) mass is 444 g/mol. The van der Waals surface area contributed by atoms with Gasteiger partial charge >= 0.3 is 0 Å². The van der Waals surface area contributed by atoms with Gasteiger partial charge in [-0.2, -0.15) is 5.10 Å². The highest BCUT2D eigenvalue weighted by Crippen LogP contribution is 2.35. The van der Waals surface area contributed by atoms with Gasteiger partial charge in [0.05, 0.1) is 17.6 Å². The van der Waals surface area contributed by atoms with Crippen LogP contribution < -0.4 is 10.1 Å². The molecule has 1 unspecified atom stereocenters. The smallest absolute Gasteiger partial charge is 0.263 e. The van der Waals surface area contributed by atoms with E-state index in [2.05, 4.69) is 44.8 Å². The number of amides is 1. The quantitative estimate of drug-likeness (QED) is 0.502. The van der Waals surface area contributed by atoms with Crippen molar-refractivity contribution >= 4 is 22.8 Å². The van der Waals surface area contributed by atoms with Crippen molar-refractivity contribution in [3.8, 4) is 5.88 Å². The van der Waals surface area contributed by atoms with Crippen molar-refractivity contribution < 1.29 is 9.53 Å². The SMILES string of the molecule is Cc1cc(C)c2c(OCC(=O)Nc3c(C)cnn3C3CCCc4ccccc43)nn(C)c2n1. The van der Waals surface area contributed by atoms with E-state index in [1.165, 1.54) is 11.1 Å². The highest BCUT2D eigenvalue weighted by Gasteiger charge is 2.25. The minimum Gasteiger partial charge on any atom is -0.466 e. The number of aromatic nitrogens is 5. The van der Waals surface area contributed by atoms with E-state index in [0.717, 1.165) is 47.1 Å². The average molecular weight is 445 g/mol. The molecule has 1 atom stereocenters. The highest BCUT2D eigenvalue weighted by molar-refractivity contribution is 5.92. The normalized spacial score (nSPS) is 15.5. The Balaban J connectivity index is 1.35. The zero-order valence-electron chi connectivity index (χ0n) is 19.4. The number of hydrogen-bond donors (Lipinski definition) is 1. The second-order valence-corrected chi connectivity index (χ2v) is 8.77. The number of carbonyl (C=O) groups is 1. The maximum atomic E-state index is 12.9. The molecule has 5 rings (SSSR count). The fourth-order valence-corrected chi connectivity index (χ4v) is 4.78. The topological polar surface area (TPSA) is 86.9 Å². The molecule has 0 saturated carbocycles. The second-order valence-electron chi connectivity index (χ2n) is 8.77. The molecule has 1 aliphatic carbocycles. The second kappa shape index (κ2) is 8.35. The first-order chi connectivity index (χ1) is 15.9. The summed E-state index contributed by atoms with van der Waals surface area (Å²) in [6, 6.07) is 10.6. The van der Waals surface area contributed by atoms with Gasteiger partial charge in [0.2, 0.25) is 5.88 Å². The summed E-state index contributed by atoms with van der Waals surface area (Å²) in [4.78, 5) is 17.4. The first kappa shape index (κ1) is 21.2. The number of fused-ring (bicyclic) bond motifs is 2. The van der Waals surface area contributed by atoms with E-state index < -0.39 is 0 Å². The molecule has 8 nitrogen and oxygen atoms in total. The third-order valence-electron chi connectivity index (χ3n) is 6.30. The number of pyridine rings is 1. The summed E-state index contributed by atoms with van der Waals surface area (Å²) >= 11 is 0. The number of hydrogen-bond acceptors (Lipinski definition) is 5. The van der Waals surface area contributed by atoms with Crippen LogP contribution in [0.1, 0.15) is 46.8 Å². The van der Waals surface area contributed by atoms with E-state index in [4.69, 9.17) is 4.74 Å². The van der Waals surface area contributed by atoms with Gasteiger partial charge in [0.1, 0.15) is 5.82 Å². The summed E-state index contributed by atoms with van der Waals surface area (Å²) in [6.07, 6.45) is 4.96. The predicted molar refractivity (Wildman–Crippen MR) is 127 cm³/mol. The molecule has 0 saturated heterocycles. The number of carbonyl (C=O) groups excluding carboxylic acids is 1. The van der Waals surface area contributed by atoms with Gasteiger partial charge in [0.15, 0.2) is 12.3 Å². The van der Waals surface area contributed by atoms with Crippen LogP contribution in [0.4, 0.5) is 5.82 Å². The molecule has 1 N–H and O–H groups in total. The van der Waals surface area contributed by atoms with E-state index in [1.807, 2.05) is 38.6 Å². The van der Waals surface area contributed by atoms with Gasteiger partial charge in [-0.25, -0.2) is 14.3 Å². The molecule has 1 aliphatic rings. The Kier molecular flexibility index (Phi) is 5.36. The van der Waals surface area contributed by atoms with Crippen molar-refractivity contribution in [1.82, 2.24) is 24.5 Å². The number of rotatable bonds is 5. The first-order valence-corrected chi connectivity index (χ1v) is 11.3. The number of anilines is 1. The Morgan fingerprint density at radius 2 is 2.03 bits per heavy atom. The summed E-state index contributed by atoms with van der Waals surface area (Å²) in [5.74, 6) is 0.879. The molecule has 1 amide bonds. The Morgan fingerprint density at radius 1 is 1.21 bits per heavy atom. The van der Waals surface area contributed by atoms with Crippen LogP contribution in [0.5, 0.6) is 5.88 Å². The molecule has 4 aromatic rings. The molecule has 0 fully saturated rings. The number of nitrogens with zero attached hydrogens (tertiary/aromatic N) is 5. The summed E-state index contributed by atoms with van der Waals surface area (Å²) in [7, 11) is 1.82. The lowest BCUT2D eigenvalue weighted by Crippen LogP contribution is -2.25. The lowest BCUT2D eigenvalue weighted by molar-refractivity contribution is -0.118. The van der Waals surface area contributed by atoms with Gasteiger partial charge in [0.25, 0.3) is 5.91 Å². The van der Waals surface area contributed by atoms with E-state index in [1.54, 1.807) is 10.9 Å². The van der Waals surface area contributed by atoms with Crippen LogP contribution >= 0.6 is 0 Å². The molecule has 0 aliphatic heterocycles. The lowest BCUT2D eigenvalue weighted by atomic mass is 9.88. The van der Waals surface area contributed by atoms with Crippen LogP contribution in [-0.4, -0.2) is 37.1 Å². The van der Waals surface area contributed by atoms with Crippen LogP contribution in [0, 0.1) is 20.8 Å². The van der Waals surface area contributed by atoms with Crippen LogP contribution in [0.25, 0.3) is 11.0 Å². The molecule has 170 valence electrons. The molecular formula is C25H28N6O2. The number of ether oxygens (including phenoxy) is 1. The van der Waals surface area contributed by atoms with Crippen molar-refractivity contribution in [2.24, 2.45) is 7.05 Å². The van der Waals surface area contributed by atoms with Crippen molar-refractivity contribution in [2.45, 2.75) is 46.1 Å². The molecular weight excluding hydrogens is 416 g/mol. The molecule has 33 heavy (non-hydrogen) atoms. The van der Waals surface area contributed by atoms with Crippen molar-refractivity contribution in [3.63, 3.8) is 0 Å². The molecule has 0 bridgehead atoms. The fraction of sp³-hybridized carbons (Fsp3) is 0.360. The maximum Gasteiger partial charge on any atom is 0.263 e. The van der Waals surface area contributed by atoms with Gasteiger partial charge in [-0.05, 0) is 62.8 Å². The third kappa shape index (κ3) is 3.86. The van der Waals surface area contributed by atoms with E-state index >= 15 is 0 Å². The Morgan fingerprint density at radius 3 is 2.88 bits per heavy atom. The summed E-state index contributed by atoms with van der Waals surface area (Å²) < 4.78 is 9.46. The average Bonchev–Trinajstić information content (AvgIpc) is 3.31. The minimum atomic E-state index is -0.250. The zero-order chi connectivity index (χ0) is 23.1. The minimum absolute atomic E-state index is 0.108. The van der Waals surface area contributed by atoms with Gasteiger partial charge < -0.3 is 10.1 Å². The molecule has 8 heteroatoms. The van der Waals surface area contributed by atoms with E-state index in [-0.39, 0.29) is 18.6 Å². The van der Waals surface area contributed by atoms with Crippen LogP contribution in [0.15, 0.2) is 36.5 Å². The van der Waals surface area contributed by atoms with Gasteiger partial charge in [-0.15, -0.1) is 5.10 Å². The molecule has 0 spiro atoms. The van der Waals surface area contributed by atoms with Crippen molar-refractivity contribution in [2.75, 3.05) is 11.9 Å². The van der Waals surface area contributed by atoms with Crippen molar-refractivity contribution in [3.05, 3.63) is 64.5 Å². The number of benzene rings is 1. The lowest BCUT2D eigenvalue weighted by Gasteiger charge is -2.27. The summed E-state index contributed by atoms with van der Waals surface area (Å²) in [5.41, 5.74) is 6.23. The van der Waals surface area contributed by atoms with Crippen LogP contribution in [0.2, 0.25) is 0 Å². The predicted octanol–water partition coefficient (Wildman–Crippen LogP) is 4.03. The Hall–Kier alpha value is -3.68. The fourth-order valence-electron chi connectivity index (χ4n) is 4.78. The van der Waals surface area contributed by atoms with Gasteiger partial charge in [-0.3, -0.25) is 4.79 Å². The van der Waals surface area contributed by atoms with Gasteiger partial charge in [0, 0.05) is 18.3 Å². The molecule has 3 heterocycles. The van der Waals surface area contributed by atoms with Gasteiger partial charge in [-0.1, -0.05) is 24.3 Å². The van der Waals surface area contributed by atoms with Crippen LogP contribution in [0.3, 0.4) is 0 Å². The van der Waals surface area contributed by atoms with E-state index in [9.17, 15) is 4.79 Å². The third-order valence-corrected chi connectivity index (χ3v) is 6.30. The Bertz CT molecular complexity index is 1350. The standard InChI is InChI=1S/C25H28N6O2/c1-15-12-17(3)27-24-22(15)25(29-30(24)4)33-14-21(32)28-23-16(2)13-26-31(23)20-11-7-9-18-8-5-6-10-19(18)20/h5-6,8,10,12-13,20H,7,9,11,14H2,1-4H3,(H,28,32). The Labute approximate surface area is 192 Å². The highest BCUT2D eigenvalue weighted by atomic mass is 16.5. The summed E-state index contributed by atoms with van der Waals surface area (Å²) in [5, 5.41) is 12.9. The number of aryl methyl sites for hydroxylation is 5. The maximum absolute atomic E-state index is 12.9. The molecule has 3 aromatic heterocycles. The molecule has 1 aromatic carbocycles. The first-order valence-electron chi connectivity index (χ1n) is 11.3. The number of nitrogens with one attached hydrogen (secondary N) is 1.